The molecule has 0 aliphatic heterocycles. The van der Waals surface area contributed by atoms with Gasteiger partial charge in [0.2, 0.25) is 0 Å². The first-order valence-electron chi connectivity index (χ1n) is 8.15. The van der Waals surface area contributed by atoms with E-state index in [0.717, 1.165) is 19.3 Å². The summed E-state index contributed by atoms with van der Waals surface area (Å²) >= 11 is 0. The minimum atomic E-state index is 1.09. The molecule has 2 aromatic rings. The lowest BCUT2D eigenvalue weighted by molar-refractivity contribution is 0.914. The molecule has 0 heterocycles. The molecule has 0 N–H and O–H groups in total. The van der Waals surface area contributed by atoms with Crippen LogP contribution >= 0.6 is 0 Å². The van der Waals surface area contributed by atoms with Gasteiger partial charge in [-0.3, -0.25) is 0 Å². The van der Waals surface area contributed by atoms with Gasteiger partial charge >= 0.3 is 0 Å². The van der Waals surface area contributed by atoms with Crippen molar-refractivity contribution in [2.45, 2.75) is 46.0 Å². The maximum absolute atomic E-state index is 2.28. The molecule has 0 heteroatoms. The lowest BCUT2D eigenvalue weighted by Crippen LogP contribution is -1.92. The first-order valence-corrected chi connectivity index (χ1v) is 8.15. The van der Waals surface area contributed by atoms with E-state index in [2.05, 4.69) is 74.5 Å². The first kappa shape index (κ1) is 15.6. The van der Waals surface area contributed by atoms with E-state index >= 15 is 0 Å². The molecule has 0 aliphatic carbocycles. The van der Waals surface area contributed by atoms with Crippen molar-refractivity contribution in [3.63, 3.8) is 0 Å². The van der Waals surface area contributed by atoms with Crippen LogP contribution in [0, 0.1) is 0 Å². The van der Waals surface area contributed by atoms with Crippen molar-refractivity contribution < 1.29 is 0 Å². The van der Waals surface area contributed by atoms with Gasteiger partial charge in [-0.05, 0) is 47.9 Å². The Balaban J connectivity index is 1.88. The predicted octanol–water partition coefficient (Wildman–Crippen LogP) is 5.85. The first-order chi connectivity index (χ1) is 10.3. The van der Waals surface area contributed by atoms with Gasteiger partial charge in [-0.1, -0.05) is 81.0 Å². The van der Waals surface area contributed by atoms with Crippen LogP contribution in [0.1, 0.15) is 48.9 Å². The molecule has 0 saturated carbocycles. The Labute approximate surface area is 129 Å². The Hall–Kier alpha value is -1.82. The van der Waals surface area contributed by atoms with Crippen LogP contribution in [-0.4, -0.2) is 0 Å². The molecule has 2 rings (SSSR count). The molecule has 0 aliphatic rings. The third-order valence-electron chi connectivity index (χ3n) is 3.79. The summed E-state index contributed by atoms with van der Waals surface area (Å²) in [5.41, 5.74) is 5.60. The van der Waals surface area contributed by atoms with Gasteiger partial charge in [0, 0.05) is 0 Å². The lowest BCUT2D eigenvalue weighted by Gasteiger charge is -2.05. The standard InChI is InChI=1S/C21H26/c1-3-5-7-19-10-14-21(15-11-19)17-16-20-12-8-18(6-4-2)9-13-20/h5,7-15H,3-4,6,16-17H2,1-2H3. The normalized spacial score (nSPS) is 11.1. The maximum atomic E-state index is 2.28. The zero-order valence-electron chi connectivity index (χ0n) is 13.3. The highest BCUT2D eigenvalue weighted by Gasteiger charge is 1.97. The number of aryl methyl sites for hydroxylation is 3. The number of hydrogen-bond donors (Lipinski definition) is 0. The van der Waals surface area contributed by atoms with Crippen molar-refractivity contribution in [1.82, 2.24) is 0 Å². The third kappa shape index (κ3) is 5.23. The summed E-state index contributed by atoms with van der Waals surface area (Å²) in [6, 6.07) is 18.0. The van der Waals surface area contributed by atoms with Crippen molar-refractivity contribution in [2.24, 2.45) is 0 Å². The van der Waals surface area contributed by atoms with E-state index in [1.54, 1.807) is 0 Å². The maximum Gasteiger partial charge on any atom is -0.0238 e. The molecule has 0 amide bonds. The van der Waals surface area contributed by atoms with E-state index in [4.69, 9.17) is 0 Å². The Kier molecular flexibility index (Phi) is 6.27. The molecule has 0 fully saturated rings. The Morgan fingerprint density at radius 3 is 1.62 bits per heavy atom. The molecule has 0 unspecified atom stereocenters. The molecule has 110 valence electrons. The topological polar surface area (TPSA) is 0 Å². The molecule has 0 bridgehead atoms. The largest absolute Gasteiger partial charge is 0.0842 e. The summed E-state index contributed by atoms with van der Waals surface area (Å²) in [6.07, 6.45) is 10.1. The van der Waals surface area contributed by atoms with Gasteiger partial charge in [0.25, 0.3) is 0 Å². The monoisotopic (exact) mass is 278 g/mol. The fourth-order valence-electron chi connectivity index (χ4n) is 2.50. The van der Waals surface area contributed by atoms with Crippen LogP contribution < -0.4 is 0 Å². The molecule has 0 radical (unpaired) electrons. The summed E-state index contributed by atoms with van der Waals surface area (Å²) in [6.45, 7) is 4.39. The van der Waals surface area contributed by atoms with Gasteiger partial charge in [0.1, 0.15) is 0 Å². The van der Waals surface area contributed by atoms with E-state index in [1.165, 1.54) is 35.1 Å². The fourth-order valence-corrected chi connectivity index (χ4v) is 2.50. The molecule has 21 heavy (non-hydrogen) atoms. The smallest absolute Gasteiger partial charge is 0.0238 e. The quantitative estimate of drug-likeness (QED) is 0.596. The number of benzene rings is 2. The molecule has 0 saturated heterocycles. The molecule has 0 atom stereocenters. The van der Waals surface area contributed by atoms with Gasteiger partial charge in [0.05, 0.1) is 0 Å². The summed E-state index contributed by atoms with van der Waals surface area (Å²) in [7, 11) is 0. The van der Waals surface area contributed by atoms with Crippen molar-refractivity contribution in [1.29, 1.82) is 0 Å². The van der Waals surface area contributed by atoms with E-state index in [9.17, 15) is 0 Å². The summed E-state index contributed by atoms with van der Waals surface area (Å²) < 4.78 is 0. The van der Waals surface area contributed by atoms with E-state index in [-0.39, 0.29) is 0 Å². The zero-order valence-corrected chi connectivity index (χ0v) is 13.3. The molecule has 2 aromatic carbocycles. The number of hydrogen-bond acceptors (Lipinski definition) is 0. The second-order valence-corrected chi connectivity index (χ2v) is 5.62. The van der Waals surface area contributed by atoms with Crippen LogP contribution in [0.3, 0.4) is 0 Å². The Morgan fingerprint density at radius 1 is 0.667 bits per heavy atom. The highest BCUT2D eigenvalue weighted by atomic mass is 14.0. The average Bonchev–Trinajstić information content (AvgIpc) is 2.53. The van der Waals surface area contributed by atoms with Crippen LogP contribution in [0.25, 0.3) is 6.08 Å². The SMILES string of the molecule is CCC=Cc1ccc(CCc2ccc(CCC)cc2)cc1. The van der Waals surface area contributed by atoms with Crippen LogP contribution in [0.5, 0.6) is 0 Å². The zero-order chi connectivity index (χ0) is 14.9. The van der Waals surface area contributed by atoms with Gasteiger partial charge in [-0.2, -0.15) is 0 Å². The van der Waals surface area contributed by atoms with Crippen LogP contribution in [-0.2, 0) is 19.3 Å². The number of rotatable bonds is 7. The molecule has 0 aromatic heterocycles. The van der Waals surface area contributed by atoms with Crippen LogP contribution in [0.15, 0.2) is 54.6 Å². The lowest BCUT2D eigenvalue weighted by atomic mass is 10.0. The fraction of sp³-hybridized carbons (Fsp3) is 0.333. The van der Waals surface area contributed by atoms with Crippen LogP contribution in [0.4, 0.5) is 0 Å². The highest BCUT2D eigenvalue weighted by molar-refractivity contribution is 5.49. The van der Waals surface area contributed by atoms with Gasteiger partial charge in [-0.25, -0.2) is 0 Å². The number of allylic oxidation sites excluding steroid dienone is 1. The van der Waals surface area contributed by atoms with Crippen molar-refractivity contribution in [3.05, 3.63) is 76.9 Å². The van der Waals surface area contributed by atoms with Crippen molar-refractivity contribution >= 4 is 6.08 Å². The second-order valence-electron chi connectivity index (χ2n) is 5.62. The third-order valence-corrected chi connectivity index (χ3v) is 3.79. The van der Waals surface area contributed by atoms with Crippen molar-refractivity contribution in [2.75, 3.05) is 0 Å². The second kappa shape index (κ2) is 8.46. The van der Waals surface area contributed by atoms with Gasteiger partial charge in [-0.15, -0.1) is 0 Å². The minimum absolute atomic E-state index is 1.09. The molecule has 0 spiro atoms. The van der Waals surface area contributed by atoms with Crippen molar-refractivity contribution in [3.8, 4) is 0 Å². The average molecular weight is 278 g/mol. The van der Waals surface area contributed by atoms with E-state index < -0.39 is 0 Å². The summed E-state index contributed by atoms with van der Waals surface area (Å²) in [4.78, 5) is 0. The summed E-state index contributed by atoms with van der Waals surface area (Å²) in [5.74, 6) is 0. The minimum Gasteiger partial charge on any atom is -0.0842 e. The summed E-state index contributed by atoms with van der Waals surface area (Å²) in [5, 5.41) is 0. The van der Waals surface area contributed by atoms with Crippen LogP contribution in [0.2, 0.25) is 0 Å². The van der Waals surface area contributed by atoms with Gasteiger partial charge < -0.3 is 0 Å². The van der Waals surface area contributed by atoms with E-state index in [1.807, 2.05) is 0 Å². The predicted molar refractivity (Wildman–Crippen MR) is 93.6 cm³/mol. The van der Waals surface area contributed by atoms with Gasteiger partial charge in [0.15, 0.2) is 0 Å². The Morgan fingerprint density at radius 2 is 1.14 bits per heavy atom. The molecular weight excluding hydrogens is 252 g/mol. The van der Waals surface area contributed by atoms with E-state index in [0.29, 0.717) is 0 Å². The molecular formula is C21H26. The molecule has 0 nitrogen and oxygen atoms in total. The Bertz CT molecular complexity index is 544. The highest BCUT2D eigenvalue weighted by Crippen LogP contribution is 2.12.